The van der Waals surface area contributed by atoms with E-state index in [9.17, 15) is 0 Å². The molecule has 1 saturated heterocycles. The lowest BCUT2D eigenvalue weighted by molar-refractivity contribution is 0.332. The Balaban J connectivity index is 2.00. The second kappa shape index (κ2) is 5.06. The molecule has 0 atom stereocenters. The molecule has 0 radical (unpaired) electrons. The van der Waals surface area contributed by atoms with Gasteiger partial charge in [0.25, 0.3) is 0 Å². The van der Waals surface area contributed by atoms with Crippen LogP contribution in [-0.2, 0) is 13.1 Å². The molecule has 1 aromatic heterocycles. The number of likely N-dealkylation sites (tertiary alicyclic amines) is 1. The van der Waals surface area contributed by atoms with Crippen LogP contribution < -0.4 is 0 Å². The molecule has 18 heavy (non-hydrogen) atoms. The molecule has 3 heteroatoms. The van der Waals surface area contributed by atoms with E-state index in [1.54, 1.807) is 0 Å². The normalized spacial score (nSPS) is 16.8. The van der Waals surface area contributed by atoms with Gasteiger partial charge in [-0.25, -0.2) is 0 Å². The van der Waals surface area contributed by atoms with Crippen LogP contribution in [0, 0.1) is 0 Å². The molecule has 1 aliphatic rings. The lowest BCUT2D eigenvalue weighted by Crippen LogP contribution is -2.18. The van der Waals surface area contributed by atoms with E-state index in [-0.39, 0.29) is 0 Å². The molecule has 0 N–H and O–H groups in total. The van der Waals surface area contributed by atoms with Gasteiger partial charge in [0, 0.05) is 34.7 Å². The minimum absolute atomic E-state index is 1.03. The van der Waals surface area contributed by atoms with Crippen molar-refractivity contribution >= 4 is 26.8 Å². The Morgan fingerprint density at radius 1 is 1.22 bits per heavy atom. The number of fused-ring (bicyclic) bond motifs is 1. The standard InChI is InChI=1S/C15H19BrN2/c1-2-18-11-12(10-17-7-3-4-8-17)14-6-5-13(16)9-15(14)18/h5-6,9,11H,2-4,7-8,10H2,1H3. The van der Waals surface area contributed by atoms with E-state index in [0.29, 0.717) is 0 Å². The van der Waals surface area contributed by atoms with Crippen molar-refractivity contribution in [3.05, 3.63) is 34.4 Å². The molecule has 0 bridgehead atoms. The number of aryl methyl sites for hydroxylation is 1. The van der Waals surface area contributed by atoms with E-state index in [2.05, 4.69) is 56.7 Å². The van der Waals surface area contributed by atoms with Gasteiger partial charge in [0.15, 0.2) is 0 Å². The first-order chi connectivity index (χ1) is 8.78. The zero-order valence-electron chi connectivity index (χ0n) is 10.8. The Morgan fingerprint density at radius 3 is 2.72 bits per heavy atom. The van der Waals surface area contributed by atoms with Crippen LogP contribution in [0.3, 0.4) is 0 Å². The van der Waals surface area contributed by atoms with E-state index in [1.807, 2.05) is 0 Å². The highest BCUT2D eigenvalue weighted by molar-refractivity contribution is 9.10. The molecule has 2 heterocycles. The number of rotatable bonds is 3. The lowest BCUT2D eigenvalue weighted by atomic mass is 10.1. The van der Waals surface area contributed by atoms with Crippen molar-refractivity contribution in [2.75, 3.05) is 13.1 Å². The third-order valence-corrected chi connectivity index (χ3v) is 4.35. The maximum Gasteiger partial charge on any atom is 0.0494 e. The second-order valence-corrected chi connectivity index (χ2v) is 6.00. The van der Waals surface area contributed by atoms with Gasteiger partial charge in [0.1, 0.15) is 0 Å². The van der Waals surface area contributed by atoms with Crippen molar-refractivity contribution in [3.63, 3.8) is 0 Å². The van der Waals surface area contributed by atoms with Crippen molar-refractivity contribution in [2.24, 2.45) is 0 Å². The van der Waals surface area contributed by atoms with Crippen molar-refractivity contribution in [3.8, 4) is 0 Å². The van der Waals surface area contributed by atoms with Gasteiger partial charge in [-0.15, -0.1) is 0 Å². The topological polar surface area (TPSA) is 8.17 Å². The molecule has 2 aromatic rings. The second-order valence-electron chi connectivity index (χ2n) is 5.09. The molecule has 3 rings (SSSR count). The highest BCUT2D eigenvalue weighted by Crippen LogP contribution is 2.26. The summed E-state index contributed by atoms with van der Waals surface area (Å²) in [5.41, 5.74) is 2.82. The fraction of sp³-hybridized carbons (Fsp3) is 0.467. The third kappa shape index (κ3) is 2.21. The van der Waals surface area contributed by atoms with Crippen LogP contribution in [0.5, 0.6) is 0 Å². The molecule has 2 nitrogen and oxygen atoms in total. The Bertz CT molecular complexity index is 553. The molecule has 1 aliphatic heterocycles. The molecule has 0 saturated carbocycles. The first-order valence-corrected chi connectivity index (χ1v) is 7.57. The summed E-state index contributed by atoms with van der Waals surface area (Å²) in [5, 5.41) is 1.41. The van der Waals surface area contributed by atoms with Crippen LogP contribution in [0.15, 0.2) is 28.9 Å². The monoisotopic (exact) mass is 306 g/mol. The molecule has 0 spiro atoms. The SMILES string of the molecule is CCn1cc(CN2CCCC2)c2ccc(Br)cc21. The molecule has 0 aliphatic carbocycles. The summed E-state index contributed by atoms with van der Waals surface area (Å²) in [4.78, 5) is 2.57. The molecule has 0 amide bonds. The molecular weight excluding hydrogens is 288 g/mol. The summed E-state index contributed by atoms with van der Waals surface area (Å²) < 4.78 is 3.52. The summed E-state index contributed by atoms with van der Waals surface area (Å²) in [7, 11) is 0. The fourth-order valence-electron chi connectivity index (χ4n) is 2.91. The first-order valence-electron chi connectivity index (χ1n) is 6.77. The zero-order chi connectivity index (χ0) is 12.5. The zero-order valence-corrected chi connectivity index (χ0v) is 12.4. The quantitative estimate of drug-likeness (QED) is 0.831. The van der Waals surface area contributed by atoms with Crippen LogP contribution in [0.4, 0.5) is 0 Å². The number of halogens is 1. The van der Waals surface area contributed by atoms with Crippen molar-refractivity contribution in [1.82, 2.24) is 9.47 Å². The van der Waals surface area contributed by atoms with Crippen LogP contribution >= 0.6 is 15.9 Å². The van der Waals surface area contributed by atoms with Gasteiger partial charge in [0.2, 0.25) is 0 Å². The van der Waals surface area contributed by atoms with E-state index in [4.69, 9.17) is 0 Å². The highest BCUT2D eigenvalue weighted by atomic mass is 79.9. The predicted octanol–water partition coefficient (Wildman–Crippen LogP) is 4.02. The average molecular weight is 307 g/mol. The maximum absolute atomic E-state index is 3.57. The van der Waals surface area contributed by atoms with E-state index < -0.39 is 0 Å². The highest BCUT2D eigenvalue weighted by Gasteiger charge is 2.15. The van der Waals surface area contributed by atoms with Gasteiger partial charge in [-0.1, -0.05) is 22.0 Å². The molecule has 0 unspecified atom stereocenters. The van der Waals surface area contributed by atoms with Gasteiger partial charge in [-0.05, 0) is 50.6 Å². The van der Waals surface area contributed by atoms with Gasteiger partial charge in [-0.2, -0.15) is 0 Å². The van der Waals surface area contributed by atoms with Crippen LogP contribution in [0.2, 0.25) is 0 Å². The van der Waals surface area contributed by atoms with Gasteiger partial charge in [0.05, 0.1) is 0 Å². The van der Waals surface area contributed by atoms with Crippen molar-refractivity contribution < 1.29 is 0 Å². The van der Waals surface area contributed by atoms with E-state index in [0.717, 1.165) is 17.6 Å². The number of hydrogen-bond acceptors (Lipinski definition) is 1. The Hall–Kier alpha value is -0.800. The smallest absolute Gasteiger partial charge is 0.0494 e. The number of nitrogens with zero attached hydrogens (tertiary/aromatic N) is 2. The Labute approximate surface area is 117 Å². The summed E-state index contributed by atoms with van der Waals surface area (Å²) >= 11 is 3.57. The number of benzene rings is 1. The first kappa shape index (κ1) is 12.2. The van der Waals surface area contributed by atoms with E-state index in [1.165, 1.54) is 42.4 Å². The van der Waals surface area contributed by atoms with Crippen LogP contribution in [0.25, 0.3) is 10.9 Å². The molecule has 1 fully saturated rings. The van der Waals surface area contributed by atoms with Gasteiger partial charge in [-0.3, -0.25) is 4.90 Å². The van der Waals surface area contributed by atoms with Crippen LogP contribution in [-0.4, -0.2) is 22.6 Å². The summed E-state index contributed by atoms with van der Waals surface area (Å²) in [6.07, 6.45) is 5.05. The Kier molecular flexibility index (Phi) is 3.44. The fourth-order valence-corrected chi connectivity index (χ4v) is 3.26. The van der Waals surface area contributed by atoms with E-state index >= 15 is 0 Å². The predicted molar refractivity (Wildman–Crippen MR) is 79.8 cm³/mol. The lowest BCUT2D eigenvalue weighted by Gasteiger charge is -2.13. The molecular formula is C15H19BrN2. The average Bonchev–Trinajstić information content (AvgIpc) is 2.98. The summed E-state index contributed by atoms with van der Waals surface area (Å²) in [6, 6.07) is 6.62. The van der Waals surface area contributed by atoms with Gasteiger partial charge < -0.3 is 4.57 Å². The van der Waals surface area contributed by atoms with Crippen molar-refractivity contribution in [2.45, 2.75) is 32.9 Å². The summed E-state index contributed by atoms with van der Waals surface area (Å²) in [6.45, 7) is 6.86. The minimum atomic E-state index is 1.03. The minimum Gasteiger partial charge on any atom is -0.347 e. The number of hydrogen-bond donors (Lipinski definition) is 0. The molecule has 1 aromatic carbocycles. The Morgan fingerprint density at radius 2 is 2.00 bits per heavy atom. The summed E-state index contributed by atoms with van der Waals surface area (Å²) in [5.74, 6) is 0. The maximum atomic E-state index is 3.57. The van der Waals surface area contributed by atoms with Crippen molar-refractivity contribution in [1.29, 1.82) is 0 Å². The van der Waals surface area contributed by atoms with Crippen LogP contribution in [0.1, 0.15) is 25.3 Å². The third-order valence-electron chi connectivity index (χ3n) is 3.86. The largest absolute Gasteiger partial charge is 0.347 e. The number of aromatic nitrogens is 1. The molecule has 96 valence electrons. The van der Waals surface area contributed by atoms with Gasteiger partial charge >= 0.3 is 0 Å².